The number of aryl methyl sites for hydroxylation is 3. The Kier molecular flexibility index (Phi) is 6.89. The van der Waals surface area contributed by atoms with Crippen LogP contribution < -0.4 is 9.64 Å². The second-order valence-electron chi connectivity index (χ2n) is 9.44. The number of anilines is 1. The molecule has 0 spiro atoms. The summed E-state index contributed by atoms with van der Waals surface area (Å²) in [5.74, 6) is -0.985. The van der Waals surface area contributed by atoms with E-state index in [1.807, 2.05) is 56.3 Å². The van der Waals surface area contributed by atoms with Gasteiger partial charge in [0.1, 0.15) is 17.3 Å². The molecular weight excluding hydrogens is 512 g/mol. The van der Waals surface area contributed by atoms with E-state index in [-0.39, 0.29) is 22.2 Å². The third-order valence-electron chi connectivity index (χ3n) is 6.56. The van der Waals surface area contributed by atoms with Gasteiger partial charge in [0.25, 0.3) is 5.78 Å². The molecule has 1 unspecified atom stereocenters. The number of aromatic nitrogens is 1. The minimum Gasteiger partial charge on any atom is -0.507 e. The highest BCUT2D eigenvalue weighted by molar-refractivity contribution is 7.18. The lowest BCUT2D eigenvalue weighted by Crippen LogP contribution is -2.29. The molecule has 1 aliphatic heterocycles. The van der Waals surface area contributed by atoms with Crippen LogP contribution in [0, 0.1) is 20.8 Å². The summed E-state index contributed by atoms with van der Waals surface area (Å²) >= 11 is 1.05. The molecule has 1 aromatic heterocycles. The first-order valence-electron chi connectivity index (χ1n) is 12.4. The third-order valence-corrected chi connectivity index (χ3v) is 7.81. The molecular formula is C31H26N2O5S. The van der Waals surface area contributed by atoms with Crippen molar-refractivity contribution in [1.82, 2.24) is 4.98 Å². The third kappa shape index (κ3) is 4.86. The zero-order valence-electron chi connectivity index (χ0n) is 21.9. The molecule has 3 aromatic carbocycles. The first-order valence-corrected chi connectivity index (χ1v) is 13.2. The van der Waals surface area contributed by atoms with E-state index in [0.717, 1.165) is 22.5 Å². The highest BCUT2D eigenvalue weighted by Crippen LogP contribution is 2.45. The van der Waals surface area contributed by atoms with Crippen molar-refractivity contribution in [3.8, 4) is 11.5 Å². The average molecular weight is 539 g/mol. The molecule has 2 heterocycles. The van der Waals surface area contributed by atoms with Crippen LogP contribution in [0.5, 0.6) is 11.5 Å². The molecule has 1 saturated heterocycles. The predicted octanol–water partition coefficient (Wildman–Crippen LogP) is 6.69. The van der Waals surface area contributed by atoms with Crippen molar-refractivity contribution in [2.45, 2.75) is 33.7 Å². The van der Waals surface area contributed by atoms with Gasteiger partial charge in [-0.2, -0.15) is 0 Å². The van der Waals surface area contributed by atoms with Gasteiger partial charge >= 0.3 is 5.91 Å². The summed E-state index contributed by atoms with van der Waals surface area (Å²) in [7, 11) is 0. The maximum atomic E-state index is 13.6. The lowest BCUT2D eigenvalue weighted by Gasteiger charge is -2.23. The van der Waals surface area contributed by atoms with Gasteiger partial charge < -0.3 is 9.84 Å². The highest BCUT2D eigenvalue weighted by Gasteiger charge is 2.48. The van der Waals surface area contributed by atoms with Gasteiger partial charge in [-0.15, -0.1) is 0 Å². The fraction of sp³-hybridized carbons (Fsp3) is 0.161. The quantitative estimate of drug-likeness (QED) is 0.127. The molecule has 1 N–H and O–H groups in total. The number of aliphatic hydroxyl groups excluding tert-OH is 1. The molecule has 196 valence electrons. The van der Waals surface area contributed by atoms with Gasteiger partial charge in [-0.25, -0.2) is 4.98 Å². The maximum Gasteiger partial charge on any atom is 0.301 e. The lowest BCUT2D eigenvalue weighted by atomic mass is 9.93. The SMILES string of the molecule is CC(=O)c1sc(N2C(=O)C(=O)C(=C(O)c3cc(C)ccc3C)C2c2cccc(Oc3ccccc3)c2)nc1C. The Balaban J connectivity index is 1.71. The van der Waals surface area contributed by atoms with Gasteiger partial charge in [0.05, 0.1) is 22.2 Å². The topological polar surface area (TPSA) is 96.8 Å². The van der Waals surface area contributed by atoms with Gasteiger partial charge in [0.2, 0.25) is 0 Å². The number of amides is 1. The number of ether oxygens (including phenoxy) is 1. The van der Waals surface area contributed by atoms with Crippen LogP contribution in [0.25, 0.3) is 5.76 Å². The zero-order chi connectivity index (χ0) is 27.8. The number of hydrogen-bond acceptors (Lipinski definition) is 7. The average Bonchev–Trinajstić information content (AvgIpc) is 3.42. The minimum absolute atomic E-state index is 0.0530. The summed E-state index contributed by atoms with van der Waals surface area (Å²) in [5, 5.41) is 11.7. The number of ketones is 2. The van der Waals surface area contributed by atoms with Crippen molar-refractivity contribution in [2.24, 2.45) is 0 Å². The summed E-state index contributed by atoms with van der Waals surface area (Å²) in [6, 6.07) is 20.8. The summed E-state index contributed by atoms with van der Waals surface area (Å²) in [4.78, 5) is 45.4. The number of Topliss-reactive ketones (excluding diaryl/α,β-unsaturated/α-hetero) is 2. The Bertz CT molecular complexity index is 1650. The molecule has 1 fully saturated rings. The predicted molar refractivity (Wildman–Crippen MR) is 151 cm³/mol. The molecule has 1 aliphatic rings. The van der Waals surface area contributed by atoms with E-state index in [1.165, 1.54) is 11.8 Å². The molecule has 1 amide bonds. The van der Waals surface area contributed by atoms with Gasteiger partial charge in [-0.3, -0.25) is 19.3 Å². The van der Waals surface area contributed by atoms with Gasteiger partial charge in [0, 0.05) is 12.5 Å². The maximum absolute atomic E-state index is 13.6. The van der Waals surface area contributed by atoms with Crippen molar-refractivity contribution in [3.05, 3.63) is 111 Å². The number of hydrogen-bond donors (Lipinski definition) is 1. The Morgan fingerprint density at radius 2 is 1.67 bits per heavy atom. The van der Waals surface area contributed by atoms with E-state index in [1.54, 1.807) is 37.3 Å². The standard InChI is InChI=1S/C31H26N2O5S/c1-17-13-14-18(2)24(15-17)27(35)25-26(21-9-8-12-23(16-21)38-22-10-6-5-7-11-22)33(30(37)28(25)36)31-32-19(3)29(39-31)20(4)34/h5-16,26,35H,1-4H3. The molecule has 0 radical (unpaired) electrons. The number of benzene rings is 3. The summed E-state index contributed by atoms with van der Waals surface area (Å²) in [5.41, 5.74) is 3.09. The lowest BCUT2D eigenvalue weighted by molar-refractivity contribution is -0.132. The van der Waals surface area contributed by atoms with Crippen molar-refractivity contribution < 1.29 is 24.2 Å². The van der Waals surface area contributed by atoms with Crippen molar-refractivity contribution in [2.75, 3.05) is 4.90 Å². The van der Waals surface area contributed by atoms with Crippen LogP contribution in [0.1, 0.15) is 50.6 Å². The molecule has 5 rings (SSSR count). The van der Waals surface area contributed by atoms with Crippen LogP contribution in [0.15, 0.2) is 78.4 Å². The van der Waals surface area contributed by atoms with E-state index in [9.17, 15) is 19.5 Å². The minimum atomic E-state index is -0.991. The first-order chi connectivity index (χ1) is 18.7. The van der Waals surface area contributed by atoms with Crippen LogP contribution in [0.4, 0.5) is 5.13 Å². The van der Waals surface area contributed by atoms with Crippen LogP contribution in [-0.4, -0.2) is 27.6 Å². The molecule has 0 bridgehead atoms. The van der Waals surface area contributed by atoms with Gasteiger partial charge in [-0.05, 0) is 62.2 Å². The van der Waals surface area contributed by atoms with Gasteiger partial charge in [-0.1, -0.05) is 59.4 Å². The number of carbonyl (C=O) groups excluding carboxylic acids is 3. The van der Waals surface area contributed by atoms with E-state index in [0.29, 0.717) is 33.2 Å². The Morgan fingerprint density at radius 3 is 2.36 bits per heavy atom. The van der Waals surface area contributed by atoms with Gasteiger partial charge in [0.15, 0.2) is 10.9 Å². The summed E-state index contributed by atoms with van der Waals surface area (Å²) in [6.45, 7) is 6.84. The zero-order valence-corrected chi connectivity index (χ0v) is 22.7. The summed E-state index contributed by atoms with van der Waals surface area (Å²) < 4.78 is 6.02. The van der Waals surface area contributed by atoms with E-state index < -0.39 is 17.7 Å². The molecule has 1 atom stereocenters. The fourth-order valence-electron chi connectivity index (χ4n) is 4.67. The Morgan fingerprint density at radius 1 is 0.949 bits per heavy atom. The monoisotopic (exact) mass is 538 g/mol. The number of nitrogens with zero attached hydrogens (tertiary/aromatic N) is 2. The second kappa shape index (κ2) is 10.3. The highest BCUT2D eigenvalue weighted by atomic mass is 32.1. The molecule has 4 aromatic rings. The van der Waals surface area contributed by atoms with Crippen LogP contribution in [0.3, 0.4) is 0 Å². The molecule has 39 heavy (non-hydrogen) atoms. The van der Waals surface area contributed by atoms with Crippen molar-refractivity contribution >= 4 is 39.7 Å². The van der Waals surface area contributed by atoms with Crippen LogP contribution >= 0.6 is 11.3 Å². The van der Waals surface area contributed by atoms with Crippen molar-refractivity contribution in [3.63, 3.8) is 0 Å². The largest absolute Gasteiger partial charge is 0.507 e. The first kappa shape index (κ1) is 26.1. The number of rotatable bonds is 6. The van der Waals surface area contributed by atoms with E-state index >= 15 is 0 Å². The number of para-hydroxylation sites is 1. The second-order valence-corrected chi connectivity index (χ2v) is 10.4. The van der Waals surface area contributed by atoms with Crippen molar-refractivity contribution in [1.29, 1.82) is 0 Å². The Labute approximate surface area is 230 Å². The summed E-state index contributed by atoms with van der Waals surface area (Å²) in [6.07, 6.45) is 0. The molecule has 7 nitrogen and oxygen atoms in total. The van der Waals surface area contributed by atoms with E-state index in [4.69, 9.17) is 4.74 Å². The smallest absolute Gasteiger partial charge is 0.301 e. The number of aliphatic hydroxyl groups is 1. The van der Waals surface area contributed by atoms with E-state index in [2.05, 4.69) is 4.98 Å². The van der Waals surface area contributed by atoms with Crippen LogP contribution in [-0.2, 0) is 9.59 Å². The van der Waals surface area contributed by atoms with Crippen LogP contribution in [0.2, 0.25) is 0 Å². The Hall–Kier alpha value is -4.56. The normalized spacial score (nSPS) is 16.5. The molecule has 8 heteroatoms. The fourth-order valence-corrected chi connectivity index (χ4v) is 5.65. The number of thiazole rings is 1. The number of carbonyl (C=O) groups is 3. The molecule has 0 aliphatic carbocycles. The molecule has 0 saturated carbocycles.